The summed E-state index contributed by atoms with van der Waals surface area (Å²) in [5.41, 5.74) is 10.1. The molecule has 0 unspecified atom stereocenters. The first-order chi connectivity index (χ1) is 13.1. The summed E-state index contributed by atoms with van der Waals surface area (Å²) < 4.78 is 18.1. The van der Waals surface area contributed by atoms with Crippen LogP contribution in [-0.4, -0.2) is 30.6 Å². The van der Waals surface area contributed by atoms with E-state index in [4.69, 9.17) is 10.5 Å². The molecule has 28 heavy (non-hydrogen) atoms. The maximum Gasteiger partial charge on any atom is 0.270 e. The number of carbonyl (C=O) groups is 1. The molecule has 1 saturated heterocycles. The van der Waals surface area contributed by atoms with Crippen molar-refractivity contribution in [3.05, 3.63) is 62.5 Å². The molecule has 3 rings (SSSR count). The number of morpholine rings is 1. The summed E-state index contributed by atoms with van der Waals surface area (Å²) in [6, 6.07) is 6.24. The number of amides is 1. The highest BCUT2D eigenvalue weighted by Crippen LogP contribution is 2.28. The largest absolute Gasteiger partial charge is 0.399 e. The molecule has 2 aromatic carbocycles. The zero-order valence-electron chi connectivity index (χ0n) is 16.4. The number of nitrogens with zero attached hydrogens (tertiary/aromatic N) is 2. The molecule has 7 nitrogen and oxygen atoms in total. The number of benzene rings is 2. The minimum absolute atomic E-state index is 0.0159. The van der Waals surface area contributed by atoms with Crippen molar-refractivity contribution in [1.82, 2.24) is 0 Å². The fourth-order valence-corrected chi connectivity index (χ4v) is 3.20. The molecule has 0 radical (unpaired) electrons. The Morgan fingerprint density at radius 2 is 1.61 bits per heavy atom. The van der Waals surface area contributed by atoms with E-state index in [0.717, 1.165) is 22.5 Å². The third-order valence-corrected chi connectivity index (χ3v) is 4.40. The number of non-ortho nitro benzene ring substituents is 1. The van der Waals surface area contributed by atoms with Crippen LogP contribution in [-0.2, 0) is 9.53 Å². The predicted octanol–water partition coefficient (Wildman–Crippen LogP) is 3.60. The molecule has 0 atom stereocenters. The standard InChI is InChI=1S/C12H16N2O2.C8H8FNO2/c1-8-5-10(13)6-9(2)12(8)14-3-4-16-7-11(14)15;1-5-3-7(10(11)12)4-6(2)8(5)9/h5-6H,3-4,7,13H2,1-2H3;3-4H,1-2H3. The van der Waals surface area contributed by atoms with E-state index >= 15 is 0 Å². The number of nitro benzene ring substituents is 1. The van der Waals surface area contributed by atoms with Crippen LogP contribution < -0.4 is 10.6 Å². The van der Waals surface area contributed by atoms with E-state index in [-0.39, 0.29) is 24.0 Å². The van der Waals surface area contributed by atoms with Gasteiger partial charge in [0.25, 0.3) is 11.6 Å². The van der Waals surface area contributed by atoms with Crippen LogP contribution in [0.5, 0.6) is 0 Å². The van der Waals surface area contributed by atoms with Crippen LogP contribution in [0.15, 0.2) is 24.3 Å². The van der Waals surface area contributed by atoms with Gasteiger partial charge in [0.15, 0.2) is 0 Å². The molecule has 150 valence electrons. The zero-order chi connectivity index (χ0) is 21.0. The Morgan fingerprint density at radius 1 is 1.07 bits per heavy atom. The van der Waals surface area contributed by atoms with Gasteiger partial charge in [0.05, 0.1) is 11.5 Å². The normalized spacial score (nSPS) is 13.8. The summed E-state index contributed by atoms with van der Waals surface area (Å²) in [7, 11) is 0. The highest BCUT2D eigenvalue weighted by Gasteiger charge is 2.23. The molecule has 1 fully saturated rings. The van der Waals surface area contributed by atoms with E-state index in [1.165, 1.54) is 26.0 Å². The monoisotopic (exact) mass is 389 g/mol. The first-order valence-electron chi connectivity index (χ1n) is 8.77. The van der Waals surface area contributed by atoms with Crippen LogP contribution >= 0.6 is 0 Å². The molecule has 0 spiro atoms. The lowest BCUT2D eigenvalue weighted by Crippen LogP contribution is -2.42. The van der Waals surface area contributed by atoms with Crippen LogP contribution in [0.2, 0.25) is 0 Å². The quantitative estimate of drug-likeness (QED) is 0.481. The molecule has 0 aliphatic carbocycles. The van der Waals surface area contributed by atoms with Gasteiger partial charge in [0.2, 0.25) is 0 Å². The van der Waals surface area contributed by atoms with Crippen LogP contribution in [0.3, 0.4) is 0 Å². The number of nitrogen functional groups attached to an aromatic ring is 1. The SMILES string of the molecule is Cc1cc(N)cc(C)c1N1CCOCC1=O.Cc1cc([N+](=O)[O-])cc(C)c1F. The van der Waals surface area contributed by atoms with Crippen molar-refractivity contribution in [3.63, 3.8) is 0 Å². The lowest BCUT2D eigenvalue weighted by molar-refractivity contribution is -0.385. The molecule has 1 heterocycles. The molecule has 1 aliphatic heterocycles. The van der Waals surface area contributed by atoms with E-state index in [1.54, 1.807) is 4.90 Å². The van der Waals surface area contributed by atoms with Gasteiger partial charge in [-0.3, -0.25) is 14.9 Å². The number of nitro groups is 1. The first kappa shape index (κ1) is 21.3. The lowest BCUT2D eigenvalue weighted by atomic mass is 10.1. The van der Waals surface area contributed by atoms with Gasteiger partial charge < -0.3 is 15.4 Å². The fraction of sp³-hybridized carbons (Fsp3) is 0.350. The average molecular weight is 389 g/mol. The minimum Gasteiger partial charge on any atom is -0.399 e. The van der Waals surface area contributed by atoms with E-state index in [9.17, 15) is 19.3 Å². The molecule has 1 aliphatic rings. The lowest BCUT2D eigenvalue weighted by Gasteiger charge is -2.29. The van der Waals surface area contributed by atoms with Crippen molar-refractivity contribution in [2.24, 2.45) is 0 Å². The Morgan fingerprint density at radius 3 is 2.07 bits per heavy atom. The van der Waals surface area contributed by atoms with Gasteiger partial charge in [-0.2, -0.15) is 0 Å². The number of aryl methyl sites for hydroxylation is 4. The Balaban J connectivity index is 0.000000209. The average Bonchev–Trinajstić information content (AvgIpc) is 2.60. The number of hydrogen-bond donors (Lipinski definition) is 1. The molecule has 0 bridgehead atoms. The molecule has 2 N–H and O–H groups in total. The van der Waals surface area contributed by atoms with E-state index in [0.29, 0.717) is 24.3 Å². The molecular formula is C20H24FN3O4. The van der Waals surface area contributed by atoms with Crippen molar-refractivity contribution in [2.45, 2.75) is 27.7 Å². The van der Waals surface area contributed by atoms with Crippen LogP contribution in [0.1, 0.15) is 22.3 Å². The third kappa shape index (κ3) is 4.83. The van der Waals surface area contributed by atoms with Crippen molar-refractivity contribution in [3.8, 4) is 0 Å². The van der Waals surface area contributed by atoms with Crippen LogP contribution in [0.25, 0.3) is 0 Å². The Kier molecular flexibility index (Phi) is 6.69. The first-order valence-corrected chi connectivity index (χ1v) is 8.77. The van der Waals surface area contributed by atoms with E-state index < -0.39 is 4.92 Å². The fourth-order valence-electron chi connectivity index (χ4n) is 3.20. The second kappa shape index (κ2) is 8.79. The zero-order valence-corrected chi connectivity index (χ0v) is 16.4. The van der Waals surface area contributed by atoms with Crippen molar-refractivity contribution < 1.29 is 18.8 Å². The van der Waals surface area contributed by atoms with Crippen molar-refractivity contribution in [2.75, 3.05) is 30.4 Å². The minimum atomic E-state index is -0.528. The highest BCUT2D eigenvalue weighted by molar-refractivity contribution is 5.96. The van der Waals surface area contributed by atoms with Crippen molar-refractivity contribution in [1.29, 1.82) is 0 Å². The summed E-state index contributed by atoms with van der Waals surface area (Å²) in [6.45, 7) is 8.34. The summed E-state index contributed by atoms with van der Waals surface area (Å²) in [5.74, 6) is -0.358. The van der Waals surface area contributed by atoms with Gasteiger partial charge in [-0.25, -0.2) is 4.39 Å². The maximum atomic E-state index is 13.0. The molecule has 0 aromatic heterocycles. The second-order valence-electron chi connectivity index (χ2n) is 6.75. The maximum absolute atomic E-state index is 13.0. The summed E-state index contributed by atoms with van der Waals surface area (Å²) in [6.07, 6.45) is 0. The molecule has 8 heteroatoms. The number of rotatable bonds is 2. The number of hydrogen-bond acceptors (Lipinski definition) is 5. The van der Waals surface area contributed by atoms with E-state index in [1.807, 2.05) is 26.0 Å². The van der Waals surface area contributed by atoms with E-state index in [2.05, 4.69) is 0 Å². The number of carbonyl (C=O) groups excluding carboxylic acids is 1. The number of anilines is 2. The van der Waals surface area contributed by atoms with Gasteiger partial charge in [0, 0.05) is 30.1 Å². The number of ether oxygens (including phenoxy) is 1. The van der Waals surface area contributed by atoms with Gasteiger partial charge in [0.1, 0.15) is 12.4 Å². The number of nitrogens with two attached hydrogens (primary N) is 1. The molecule has 1 amide bonds. The van der Waals surface area contributed by atoms with Crippen LogP contribution in [0, 0.1) is 43.6 Å². The Bertz CT molecular complexity index is 868. The molecule has 2 aromatic rings. The summed E-state index contributed by atoms with van der Waals surface area (Å²) >= 11 is 0. The van der Waals surface area contributed by atoms with Crippen molar-refractivity contribution >= 4 is 23.0 Å². The summed E-state index contributed by atoms with van der Waals surface area (Å²) in [4.78, 5) is 23.3. The summed E-state index contributed by atoms with van der Waals surface area (Å²) in [5, 5.41) is 10.3. The van der Waals surface area contributed by atoms with Gasteiger partial charge in [-0.15, -0.1) is 0 Å². The third-order valence-electron chi connectivity index (χ3n) is 4.40. The highest BCUT2D eigenvalue weighted by atomic mass is 19.1. The number of halogens is 1. The van der Waals surface area contributed by atoms with Gasteiger partial charge in [-0.05, 0) is 62.1 Å². The molecular weight excluding hydrogens is 365 g/mol. The van der Waals surface area contributed by atoms with Gasteiger partial charge in [-0.1, -0.05) is 0 Å². The molecule has 0 saturated carbocycles. The smallest absolute Gasteiger partial charge is 0.270 e. The second-order valence-corrected chi connectivity index (χ2v) is 6.75. The Hall–Kier alpha value is -3.00. The van der Waals surface area contributed by atoms with Gasteiger partial charge >= 0.3 is 0 Å². The predicted molar refractivity (Wildman–Crippen MR) is 106 cm³/mol. The Labute approximate surface area is 163 Å². The topological polar surface area (TPSA) is 98.7 Å². The van der Waals surface area contributed by atoms with Crippen LogP contribution in [0.4, 0.5) is 21.5 Å².